The first-order valence-corrected chi connectivity index (χ1v) is 11.4. The predicted octanol–water partition coefficient (Wildman–Crippen LogP) is 3.98. The van der Waals surface area contributed by atoms with Crippen molar-refractivity contribution in [2.45, 2.75) is 19.3 Å². The van der Waals surface area contributed by atoms with Crippen LogP contribution in [0.3, 0.4) is 0 Å². The Morgan fingerprint density at radius 3 is 2.46 bits per heavy atom. The monoisotopic (exact) mass is 470 g/mol. The van der Waals surface area contributed by atoms with Crippen molar-refractivity contribution in [2.24, 2.45) is 0 Å². The number of pyridine rings is 1. The van der Waals surface area contributed by atoms with Gasteiger partial charge >= 0.3 is 0 Å². The van der Waals surface area contributed by atoms with Gasteiger partial charge in [0, 0.05) is 24.8 Å². The molecule has 0 atom stereocenters. The molecule has 0 aliphatic carbocycles. The van der Waals surface area contributed by atoms with Crippen LogP contribution in [0.2, 0.25) is 0 Å². The Morgan fingerprint density at radius 2 is 1.74 bits per heavy atom. The van der Waals surface area contributed by atoms with Crippen LogP contribution in [0, 0.1) is 0 Å². The molecule has 1 saturated heterocycles. The Kier molecular flexibility index (Phi) is 6.74. The third-order valence-electron chi connectivity index (χ3n) is 5.90. The zero-order valence-electron chi connectivity index (χ0n) is 19.1. The van der Waals surface area contributed by atoms with E-state index in [1.165, 1.54) is 0 Å². The van der Waals surface area contributed by atoms with E-state index in [2.05, 4.69) is 9.88 Å². The normalized spacial score (nSPS) is 13.3. The molecule has 0 radical (unpaired) electrons. The Balaban J connectivity index is 1.18. The number of anilines is 1. The summed E-state index contributed by atoms with van der Waals surface area (Å²) >= 11 is 0. The van der Waals surface area contributed by atoms with Gasteiger partial charge in [-0.05, 0) is 53.6 Å². The minimum atomic E-state index is -0.548. The van der Waals surface area contributed by atoms with E-state index in [9.17, 15) is 10.0 Å². The molecule has 0 unspecified atom stereocenters. The molecule has 1 aliphatic heterocycles. The molecule has 0 spiro atoms. The number of carbonyl (C=O) groups is 1. The second-order valence-electron chi connectivity index (χ2n) is 8.35. The third-order valence-corrected chi connectivity index (χ3v) is 5.90. The summed E-state index contributed by atoms with van der Waals surface area (Å²) in [5.41, 5.74) is 5.89. The standard InChI is InChI=1S/C27H26N4O4/c32-27(29-33)24-6-3-7-25(26(24)30-13-1-2-14-30)31-16-23(17-31)35-22-10-8-20(9-11-22)18-34-19-21-5-4-12-28-15-21/h1-15,23,33H,16-19H2,(H,29,32). The van der Waals surface area contributed by atoms with Crippen LogP contribution in [0.1, 0.15) is 21.5 Å². The summed E-state index contributed by atoms with van der Waals surface area (Å²) in [5, 5.41) is 9.18. The molecule has 1 amide bonds. The van der Waals surface area contributed by atoms with Crippen molar-refractivity contribution in [3.8, 4) is 11.4 Å². The molecule has 4 aromatic rings. The van der Waals surface area contributed by atoms with E-state index in [1.807, 2.05) is 77.6 Å². The first-order chi connectivity index (χ1) is 17.2. The van der Waals surface area contributed by atoms with Gasteiger partial charge in [-0.15, -0.1) is 0 Å². The Bertz CT molecular complexity index is 1250. The highest BCUT2D eigenvalue weighted by molar-refractivity contribution is 5.99. The predicted molar refractivity (Wildman–Crippen MR) is 131 cm³/mol. The van der Waals surface area contributed by atoms with Crippen LogP contribution in [0.25, 0.3) is 5.69 Å². The summed E-state index contributed by atoms with van der Waals surface area (Å²) in [4.78, 5) is 18.5. The van der Waals surface area contributed by atoms with Gasteiger partial charge in [-0.2, -0.15) is 0 Å². The van der Waals surface area contributed by atoms with E-state index in [0.29, 0.717) is 31.9 Å². The Morgan fingerprint density at radius 1 is 0.971 bits per heavy atom. The topological polar surface area (TPSA) is 88.8 Å². The second kappa shape index (κ2) is 10.4. The number of nitrogens with zero attached hydrogens (tertiary/aromatic N) is 3. The van der Waals surface area contributed by atoms with Crippen molar-refractivity contribution in [3.05, 3.63) is 108 Å². The SMILES string of the molecule is O=C(NO)c1cccc(N2CC(Oc3ccc(COCc4cccnc4)cc3)C2)c1-n1cccc1. The average molecular weight is 471 g/mol. The third kappa shape index (κ3) is 5.18. The molecular formula is C27H26N4O4. The molecule has 0 saturated carbocycles. The van der Waals surface area contributed by atoms with Crippen LogP contribution in [-0.2, 0) is 18.0 Å². The van der Waals surface area contributed by atoms with E-state index in [1.54, 1.807) is 23.9 Å². The molecule has 8 heteroatoms. The Hall–Kier alpha value is -4.14. The molecule has 178 valence electrons. The lowest BCUT2D eigenvalue weighted by Crippen LogP contribution is -2.54. The number of amides is 1. The summed E-state index contributed by atoms with van der Waals surface area (Å²) in [6.45, 7) is 2.42. The number of aromatic nitrogens is 2. The number of para-hydroxylation sites is 1. The molecule has 2 N–H and O–H groups in total. The van der Waals surface area contributed by atoms with Crippen molar-refractivity contribution < 1.29 is 19.5 Å². The van der Waals surface area contributed by atoms with Gasteiger partial charge in [-0.3, -0.25) is 15.0 Å². The number of nitrogens with one attached hydrogen (secondary N) is 1. The minimum absolute atomic E-state index is 0.0375. The maximum absolute atomic E-state index is 12.3. The maximum atomic E-state index is 12.3. The van der Waals surface area contributed by atoms with Gasteiger partial charge in [0.25, 0.3) is 5.91 Å². The summed E-state index contributed by atoms with van der Waals surface area (Å²) in [5.74, 6) is 0.262. The average Bonchev–Trinajstić information content (AvgIpc) is 3.41. The van der Waals surface area contributed by atoms with Crippen LogP contribution in [0.5, 0.6) is 5.75 Å². The fourth-order valence-corrected chi connectivity index (χ4v) is 4.12. The molecule has 35 heavy (non-hydrogen) atoms. The smallest absolute Gasteiger partial charge is 0.276 e. The number of hydroxylamine groups is 1. The van der Waals surface area contributed by atoms with Gasteiger partial charge in [0.1, 0.15) is 11.9 Å². The van der Waals surface area contributed by atoms with Gasteiger partial charge in [-0.25, -0.2) is 5.48 Å². The van der Waals surface area contributed by atoms with Crippen LogP contribution >= 0.6 is 0 Å². The number of carbonyl (C=O) groups excluding carboxylic acids is 1. The largest absolute Gasteiger partial charge is 0.487 e. The second-order valence-corrected chi connectivity index (χ2v) is 8.35. The van der Waals surface area contributed by atoms with Crippen LogP contribution < -0.4 is 15.1 Å². The number of benzene rings is 2. The highest BCUT2D eigenvalue weighted by Gasteiger charge is 2.31. The fraction of sp³-hybridized carbons (Fsp3) is 0.185. The minimum Gasteiger partial charge on any atom is -0.487 e. The molecule has 1 aliphatic rings. The molecular weight excluding hydrogens is 444 g/mol. The molecule has 2 aromatic heterocycles. The van der Waals surface area contributed by atoms with Gasteiger partial charge in [-0.1, -0.05) is 24.3 Å². The lowest BCUT2D eigenvalue weighted by atomic mass is 10.0. The zero-order chi connectivity index (χ0) is 24.0. The van der Waals surface area contributed by atoms with Gasteiger partial charge in [0.05, 0.1) is 43.2 Å². The Labute approximate surface area is 203 Å². The zero-order valence-corrected chi connectivity index (χ0v) is 19.1. The molecule has 0 bridgehead atoms. The van der Waals surface area contributed by atoms with Crippen LogP contribution in [-0.4, -0.2) is 39.9 Å². The molecule has 8 nitrogen and oxygen atoms in total. The van der Waals surface area contributed by atoms with E-state index in [4.69, 9.17) is 9.47 Å². The quantitative estimate of drug-likeness (QED) is 0.284. The number of hydrogen-bond donors (Lipinski definition) is 2. The van der Waals surface area contributed by atoms with E-state index >= 15 is 0 Å². The van der Waals surface area contributed by atoms with Crippen LogP contribution in [0.4, 0.5) is 5.69 Å². The first kappa shape index (κ1) is 22.6. The number of rotatable bonds is 9. The lowest BCUT2D eigenvalue weighted by molar-refractivity contribution is 0.0706. The highest BCUT2D eigenvalue weighted by Crippen LogP contribution is 2.32. The van der Waals surface area contributed by atoms with Crippen LogP contribution in [0.15, 0.2) is 91.5 Å². The summed E-state index contributed by atoms with van der Waals surface area (Å²) in [6.07, 6.45) is 7.34. The van der Waals surface area contributed by atoms with E-state index < -0.39 is 5.91 Å². The summed E-state index contributed by atoms with van der Waals surface area (Å²) in [6, 6.07) is 21.1. The molecule has 3 heterocycles. The lowest BCUT2D eigenvalue weighted by Gasteiger charge is -2.41. The number of hydrogen-bond acceptors (Lipinski definition) is 6. The van der Waals surface area contributed by atoms with Crippen molar-refractivity contribution in [3.63, 3.8) is 0 Å². The molecule has 5 rings (SSSR count). The maximum Gasteiger partial charge on any atom is 0.276 e. The van der Waals surface area contributed by atoms with Crippen molar-refractivity contribution >= 4 is 11.6 Å². The number of ether oxygens (including phenoxy) is 2. The first-order valence-electron chi connectivity index (χ1n) is 11.4. The molecule has 2 aromatic carbocycles. The highest BCUT2D eigenvalue weighted by atomic mass is 16.5. The van der Waals surface area contributed by atoms with Crippen molar-refractivity contribution in [1.82, 2.24) is 15.0 Å². The van der Waals surface area contributed by atoms with Gasteiger partial charge in [0.2, 0.25) is 0 Å². The van der Waals surface area contributed by atoms with Crippen molar-refractivity contribution in [2.75, 3.05) is 18.0 Å². The summed E-state index contributed by atoms with van der Waals surface area (Å²) < 4.78 is 13.8. The van der Waals surface area contributed by atoms with E-state index in [0.717, 1.165) is 28.3 Å². The van der Waals surface area contributed by atoms with E-state index in [-0.39, 0.29) is 6.10 Å². The van der Waals surface area contributed by atoms with Gasteiger partial charge < -0.3 is 18.9 Å². The summed E-state index contributed by atoms with van der Waals surface area (Å²) in [7, 11) is 0. The van der Waals surface area contributed by atoms with Gasteiger partial charge in [0.15, 0.2) is 0 Å². The molecule has 1 fully saturated rings. The fourth-order valence-electron chi connectivity index (χ4n) is 4.12. The van der Waals surface area contributed by atoms with Crippen molar-refractivity contribution in [1.29, 1.82) is 0 Å².